The van der Waals surface area contributed by atoms with Crippen LogP contribution in [-0.2, 0) is 21.2 Å². The fraction of sp³-hybridized carbons (Fsp3) is 0.350. The minimum absolute atomic E-state index is 0.0940. The number of hydrogen-bond donors (Lipinski definition) is 1. The maximum atomic E-state index is 13.5. The van der Waals surface area contributed by atoms with Crippen LogP contribution in [0.4, 0.5) is 5.69 Å². The van der Waals surface area contributed by atoms with Gasteiger partial charge in [-0.2, -0.15) is 4.31 Å². The van der Waals surface area contributed by atoms with Crippen molar-refractivity contribution in [2.75, 3.05) is 18.4 Å². The molecular weight excluding hydrogens is 362 g/mol. The summed E-state index contributed by atoms with van der Waals surface area (Å²) in [5.41, 5.74) is 2.46. The number of amides is 1. The number of hydrogen-bond acceptors (Lipinski definition) is 4. The number of benzene rings is 2. The highest BCUT2D eigenvalue weighted by molar-refractivity contribution is 7.89. The van der Waals surface area contributed by atoms with Gasteiger partial charge in [-0.1, -0.05) is 30.3 Å². The Labute approximate surface area is 158 Å². The first-order valence-corrected chi connectivity index (χ1v) is 10.7. The van der Waals surface area contributed by atoms with Crippen molar-refractivity contribution in [2.24, 2.45) is 0 Å². The molecule has 0 radical (unpaired) electrons. The smallest absolute Gasteiger partial charge is 0.244 e. The molecule has 1 amide bonds. The molecule has 5 rings (SSSR count). The number of nitrogens with one attached hydrogen (secondary N) is 1. The fourth-order valence-electron chi connectivity index (χ4n) is 4.56. The van der Waals surface area contributed by atoms with Gasteiger partial charge in [0.2, 0.25) is 15.9 Å². The van der Waals surface area contributed by atoms with Crippen LogP contribution in [0.3, 0.4) is 0 Å². The monoisotopic (exact) mass is 383 g/mol. The van der Waals surface area contributed by atoms with Crippen molar-refractivity contribution in [2.45, 2.75) is 36.4 Å². The molecule has 2 fully saturated rings. The van der Waals surface area contributed by atoms with Crippen LogP contribution in [-0.4, -0.2) is 42.7 Å². The third kappa shape index (κ3) is 2.69. The van der Waals surface area contributed by atoms with Gasteiger partial charge >= 0.3 is 0 Å². The Kier molecular flexibility index (Phi) is 3.86. The molecule has 2 saturated heterocycles. The van der Waals surface area contributed by atoms with Crippen LogP contribution in [0.25, 0.3) is 0 Å². The van der Waals surface area contributed by atoms with Crippen LogP contribution in [0.1, 0.15) is 30.1 Å². The van der Waals surface area contributed by atoms with E-state index in [0.29, 0.717) is 12.2 Å². The molecule has 3 aliphatic rings. The number of anilines is 1. The van der Waals surface area contributed by atoms with Crippen LogP contribution in [0.2, 0.25) is 0 Å². The van der Waals surface area contributed by atoms with Gasteiger partial charge in [-0.05, 0) is 42.2 Å². The Bertz CT molecular complexity index is 1010. The van der Waals surface area contributed by atoms with Crippen molar-refractivity contribution in [1.82, 2.24) is 9.21 Å². The van der Waals surface area contributed by atoms with E-state index in [4.69, 9.17) is 0 Å². The van der Waals surface area contributed by atoms with Crippen molar-refractivity contribution >= 4 is 21.6 Å². The van der Waals surface area contributed by atoms with E-state index >= 15 is 0 Å². The summed E-state index contributed by atoms with van der Waals surface area (Å²) in [6, 6.07) is 15.1. The number of carbonyl (C=O) groups excluding carboxylic acids is 1. The summed E-state index contributed by atoms with van der Waals surface area (Å²) in [4.78, 5) is 14.2. The van der Waals surface area contributed by atoms with Crippen molar-refractivity contribution < 1.29 is 13.2 Å². The van der Waals surface area contributed by atoms with Crippen molar-refractivity contribution in [3.05, 3.63) is 59.7 Å². The second kappa shape index (κ2) is 6.15. The van der Waals surface area contributed by atoms with E-state index in [2.05, 4.69) is 10.2 Å². The van der Waals surface area contributed by atoms with Gasteiger partial charge in [0.1, 0.15) is 6.17 Å². The average molecular weight is 383 g/mol. The summed E-state index contributed by atoms with van der Waals surface area (Å²) in [6.07, 6.45) is 2.10. The summed E-state index contributed by atoms with van der Waals surface area (Å²) in [5, 5.41) is 2.76. The first kappa shape index (κ1) is 16.9. The Morgan fingerprint density at radius 2 is 1.89 bits per heavy atom. The predicted octanol–water partition coefficient (Wildman–Crippen LogP) is 2.35. The average Bonchev–Trinajstić information content (AvgIpc) is 3.34. The second-order valence-corrected chi connectivity index (χ2v) is 9.33. The molecular formula is C20H21N3O3S. The summed E-state index contributed by atoms with van der Waals surface area (Å²) >= 11 is 0. The number of nitrogens with zero attached hydrogens (tertiary/aromatic N) is 2. The summed E-state index contributed by atoms with van der Waals surface area (Å²) < 4.78 is 28.7. The second-order valence-electron chi connectivity index (χ2n) is 7.44. The van der Waals surface area contributed by atoms with Crippen molar-refractivity contribution in [3.8, 4) is 0 Å². The number of rotatable bonds is 3. The van der Waals surface area contributed by atoms with E-state index in [-0.39, 0.29) is 29.4 Å². The molecule has 2 aromatic rings. The Balaban J connectivity index is 1.56. The molecule has 140 valence electrons. The van der Waals surface area contributed by atoms with Crippen LogP contribution >= 0.6 is 0 Å². The maximum Gasteiger partial charge on any atom is 0.244 e. The molecule has 0 aromatic heterocycles. The van der Waals surface area contributed by atoms with Gasteiger partial charge in [0.25, 0.3) is 0 Å². The largest absolute Gasteiger partial charge is 0.326 e. The van der Waals surface area contributed by atoms with E-state index in [9.17, 15) is 13.2 Å². The van der Waals surface area contributed by atoms with Gasteiger partial charge in [0.15, 0.2) is 0 Å². The van der Waals surface area contributed by atoms with Gasteiger partial charge in [-0.25, -0.2) is 8.42 Å². The summed E-state index contributed by atoms with van der Waals surface area (Å²) in [6.45, 7) is 1.43. The minimum atomic E-state index is -3.66. The Hall–Kier alpha value is -2.22. The molecule has 3 aliphatic heterocycles. The van der Waals surface area contributed by atoms with Crippen LogP contribution < -0.4 is 5.32 Å². The summed E-state index contributed by atoms with van der Waals surface area (Å²) in [7, 11) is -3.66. The van der Waals surface area contributed by atoms with E-state index in [1.54, 1.807) is 22.5 Å². The lowest BCUT2D eigenvalue weighted by molar-refractivity contribution is -0.115. The minimum Gasteiger partial charge on any atom is -0.326 e. The Morgan fingerprint density at radius 3 is 2.70 bits per heavy atom. The molecule has 0 spiro atoms. The van der Waals surface area contributed by atoms with E-state index in [1.165, 1.54) is 0 Å². The van der Waals surface area contributed by atoms with E-state index in [0.717, 1.165) is 30.5 Å². The van der Waals surface area contributed by atoms with Gasteiger partial charge in [-0.15, -0.1) is 0 Å². The highest BCUT2D eigenvalue weighted by Crippen LogP contribution is 2.42. The Morgan fingerprint density at radius 1 is 1.07 bits per heavy atom. The normalized spacial score (nSPS) is 25.4. The van der Waals surface area contributed by atoms with Crippen molar-refractivity contribution in [1.29, 1.82) is 0 Å². The third-order valence-corrected chi connectivity index (χ3v) is 7.62. The zero-order chi connectivity index (χ0) is 18.6. The lowest BCUT2D eigenvalue weighted by atomic mass is 10.1. The highest BCUT2D eigenvalue weighted by Gasteiger charge is 2.48. The quantitative estimate of drug-likeness (QED) is 0.883. The van der Waals surface area contributed by atoms with Crippen LogP contribution in [0, 0.1) is 0 Å². The summed E-state index contributed by atoms with van der Waals surface area (Å²) in [5.74, 6) is -0.0940. The number of fused-ring (bicyclic) bond motifs is 2. The van der Waals surface area contributed by atoms with Gasteiger partial charge in [0.05, 0.1) is 11.3 Å². The lowest BCUT2D eigenvalue weighted by Crippen LogP contribution is -2.35. The molecule has 0 saturated carbocycles. The SMILES string of the molecule is O=C1Cc2cc(S(=O)(=O)N3CC4CCCN4C3c3ccccc3)ccc2N1. The lowest BCUT2D eigenvalue weighted by Gasteiger charge is -2.29. The molecule has 2 unspecified atom stereocenters. The number of sulfonamides is 1. The zero-order valence-electron chi connectivity index (χ0n) is 14.8. The van der Waals surface area contributed by atoms with Gasteiger partial charge in [-0.3, -0.25) is 9.69 Å². The van der Waals surface area contributed by atoms with Crippen molar-refractivity contribution in [3.63, 3.8) is 0 Å². The topological polar surface area (TPSA) is 69.7 Å². The van der Waals surface area contributed by atoms with E-state index < -0.39 is 10.0 Å². The molecule has 27 heavy (non-hydrogen) atoms. The van der Waals surface area contributed by atoms with Gasteiger partial charge < -0.3 is 5.32 Å². The molecule has 2 atom stereocenters. The van der Waals surface area contributed by atoms with Crippen LogP contribution in [0.15, 0.2) is 53.4 Å². The molecule has 2 aromatic carbocycles. The first-order valence-electron chi connectivity index (χ1n) is 9.29. The molecule has 1 N–H and O–H groups in total. The van der Waals surface area contributed by atoms with Crippen LogP contribution in [0.5, 0.6) is 0 Å². The third-order valence-electron chi connectivity index (χ3n) is 5.81. The molecule has 7 heteroatoms. The highest BCUT2D eigenvalue weighted by atomic mass is 32.2. The zero-order valence-corrected chi connectivity index (χ0v) is 15.7. The number of carbonyl (C=O) groups is 1. The van der Waals surface area contributed by atoms with E-state index in [1.807, 2.05) is 30.3 Å². The van der Waals surface area contributed by atoms with Gasteiger partial charge in [0, 0.05) is 24.8 Å². The predicted molar refractivity (Wildman–Crippen MR) is 102 cm³/mol. The molecule has 6 nitrogen and oxygen atoms in total. The molecule has 0 aliphatic carbocycles. The first-order chi connectivity index (χ1) is 13.0. The molecule has 0 bridgehead atoms. The standard InChI is InChI=1S/C20H21N3O3S/c24-19-12-15-11-17(8-9-18(15)21-19)27(25,26)23-13-16-7-4-10-22(16)20(23)14-5-2-1-3-6-14/h1-3,5-6,8-9,11,16,20H,4,7,10,12-13H2,(H,21,24). The maximum absolute atomic E-state index is 13.5. The fourth-order valence-corrected chi connectivity index (χ4v) is 6.24. The molecule has 3 heterocycles.